The highest BCUT2D eigenvalue weighted by Gasteiger charge is 2.26. The number of hydrogen-bond acceptors (Lipinski definition) is 5. The fourth-order valence-corrected chi connectivity index (χ4v) is 5.58. The van der Waals surface area contributed by atoms with E-state index in [-0.39, 0.29) is 23.0 Å². The molecule has 176 valence electrons. The standard InChI is InChI=1S/C25H31N3O4S/c1-6-28(7-2)33(30,31)24-15-19(13-14-23(24)32-8-3)27-25(29)16-21-17(4)20-11-9-10-12-22(20)26-18(21)5/h9-15H,6-8,16H2,1-5H3,(H,27,29). The van der Waals surface area contributed by atoms with Gasteiger partial charge in [0.25, 0.3) is 0 Å². The van der Waals surface area contributed by atoms with Crippen LogP contribution in [0.3, 0.4) is 0 Å². The molecule has 0 atom stereocenters. The molecule has 0 saturated carbocycles. The third kappa shape index (κ3) is 5.17. The molecule has 0 spiro atoms. The first-order valence-electron chi connectivity index (χ1n) is 11.1. The van der Waals surface area contributed by atoms with Crippen LogP contribution in [0.4, 0.5) is 5.69 Å². The molecule has 0 unspecified atom stereocenters. The zero-order valence-corrected chi connectivity index (χ0v) is 20.6. The highest BCUT2D eigenvalue weighted by atomic mass is 32.2. The molecule has 7 nitrogen and oxygen atoms in total. The summed E-state index contributed by atoms with van der Waals surface area (Å²) in [5.74, 6) is 0.0291. The van der Waals surface area contributed by atoms with Crippen LogP contribution in [0.25, 0.3) is 10.9 Å². The second-order valence-electron chi connectivity index (χ2n) is 7.73. The van der Waals surface area contributed by atoms with Crippen molar-refractivity contribution in [2.24, 2.45) is 0 Å². The summed E-state index contributed by atoms with van der Waals surface area (Å²) in [4.78, 5) is 17.6. The monoisotopic (exact) mass is 469 g/mol. The molecule has 1 aromatic heterocycles. The average molecular weight is 470 g/mol. The molecule has 1 amide bonds. The van der Waals surface area contributed by atoms with Gasteiger partial charge >= 0.3 is 0 Å². The van der Waals surface area contributed by atoms with E-state index in [4.69, 9.17) is 4.74 Å². The van der Waals surface area contributed by atoms with E-state index in [9.17, 15) is 13.2 Å². The molecule has 2 aromatic carbocycles. The molecule has 0 aliphatic rings. The van der Waals surface area contributed by atoms with E-state index in [1.807, 2.05) is 38.1 Å². The Morgan fingerprint density at radius 2 is 1.76 bits per heavy atom. The Morgan fingerprint density at radius 3 is 2.42 bits per heavy atom. The lowest BCUT2D eigenvalue weighted by Crippen LogP contribution is -2.31. The quantitative estimate of drug-likeness (QED) is 0.500. The van der Waals surface area contributed by atoms with Gasteiger partial charge in [0.15, 0.2) is 0 Å². The van der Waals surface area contributed by atoms with E-state index in [0.29, 0.717) is 25.4 Å². The van der Waals surface area contributed by atoms with Gasteiger partial charge in [0.1, 0.15) is 10.6 Å². The minimum absolute atomic E-state index is 0.0468. The van der Waals surface area contributed by atoms with Crippen LogP contribution in [0.1, 0.15) is 37.6 Å². The molecule has 3 aromatic rings. The maximum atomic E-state index is 13.2. The molecule has 1 heterocycles. The number of nitrogens with zero attached hydrogens (tertiary/aromatic N) is 2. The van der Waals surface area contributed by atoms with E-state index in [1.54, 1.807) is 32.9 Å². The zero-order valence-electron chi connectivity index (χ0n) is 19.8. The first-order valence-corrected chi connectivity index (χ1v) is 12.6. The number of fused-ring (bicyclic) bond motifs is 1. The molecule has 1 N–H and O–H groups in total. The number of aryl methyl sites for hydroxylation is 2. The van der Waals surface area contributed by atoms with Crippen molar-refractivity contribution >= 4 is 32.5 Å². The predicted molar refractivity (Wildman–Crippen MR) is 131 cm³/mol. The van der Waals surface area contributed by atoms with Crippen molar-refractivity contribution in [3.63, 3.8) is 0 Å². The van der Waals surface area contributed by atoms with Crippen LogP contribution >= 0.6 is 0 Å². The number of sulfonamides is 1. The second kappa shape index (κ2) is 10.3. The molecule has 33 heavy (non-hydrogen) atoms. The highest BCUT2D eigenvalue weighted by Crippen LogP contribution is 2.30. The van der Waals surface area contributed by atoms with Crippen molar-refractivity contribution in [3.05, 3.63) is 59.3 Å². The molecular weight excluding hydrogens is 438 g/mol. The van der Waals surface area contributed by atoms with E-state index >= 15 is 0 Å². The summed E-state index contributed by atoms with van der Waals surface area (Å²) in [6.07, 6.45) is 0.140. The molecular formula is C25H31N3O4S. The van der Waals surface area contributed by atoms with Crippen molar-refractivity contribution in [3.8, 4) is 5.75 Å². The van der Waals surface area contributed by atoms with Crippen molar-refractivity contribution in [2.75, 3.05) is 25.0 Å². The van der Waals surface area contributed by atoms with Crippen LogP contribution < -0.4 is 10.1 Å². The van der Waals surface area contributed by atoms with Gasteiger partial charge in [-0.25, -0.2) is 8.42 Å². The number of nitrogens with one attached hydrogen (secondary N) is 1. The third-order valence-corrected chi connectivity index (χ3v) is 7.74. The Kier molecular flexibility index (Phi) is 7.71. The first-order chi connectivity index (χ1) is 15.7. The summed E-state index contributed by atoms with van der Waals surface area (Å²) in [5.41, 5.74) is 3.99. The van der Waals surface area contributed by atoms with Crippen molar-refractivity contribution in [1.29, 1.82) is 0 Å². The minimum Gasteiger partial charge on any atom is -0.492 e. The topological polar surface area (TPSA) is 88.6 Å². The number of carbonyl (C=O) groups excluding carboxylic acids is 1. The minimum atomic E-state index is -3.76. The van der Waals surface area contributed by atoms with Gasteiger partial charge < -0.3 is 10.1 Å². The van der Waals surface area contributed by atoms with E-state index in [1.165, 1.54) is 10.4 Å². The van der Waals surface area contributed by atoms with Crippen LogP contribution in [0, 0.1) is 13.8 Å². The maximum Gasteiger partial charge on any atom is 0.246 e. The number of hydrogen-bond donors (Lipinski definition) is 1. The average Bonchev–Trinajstić information content (AvgIpc) is 2.78. The van der Waals surface area contributed by atoms with Crippen molar-refractivity contribution < 1.29 is 17.9 Å². The molecule has 0 saturated heterocycles. The van der Waals surface area contributed by atoms with Gasteiger partial charge in [0, 0.05) is 29.9 Å². The van der Waals surface area contributed by atoms with Gasteiger partial charge in [-0.2, -0.15) is 4.31 Å². The predicted octanol–water partition coefficient (Wildman–Crippen LogP) is 4.46. The molecule has 3 rings (SSSR count). The van der Waals surface area contributed by atoms with Crippen LogP contribution in [0.15, 0.2) is 47.4 Å². The summed E-state index contributed by atoms with van der Waals surface area (Å²) in [5, 5.41) is 3.86. The summed E-state index contributed by atoms with van der Waals surface area (Å²) in [6, 6.07) is 12.6. The third-order valence-electron chi connectivity index (χ3n) is 5.67. The number of anilines is 1. The number of amides is 1. The fourth-order valence-electron chi connectivity index (χ4n) is 3.96. The number of ether oxygens (including phenoxy) is 1. The Balaban J connectivity index is 1.91. The fraction of sp³-hybridized carbons (Fsp3) is 0.360. The van der Waals surface area contributed by atoms with Gasteiger partial charge in [-0.05, 0) is 56.2 Å². The smallest absolute Gasteiger partial charge is 0.246 e. The molecule has 0 aliphatic heterocycles. The number of carbonyl (C=O) groups is 1. The van der Waals surface area contributed by atoms with E-state index in [2.05, 4.69) is 10.3 Å². The summed E-state index contributed by atoms with van der Waals surface area (Å²) in [6.45, 7) is 10.3. The number of para-hydroxylation sites is 1. The lowest BCUT2D eigenvalue weighted by molar-refractivity contribution is -0.115. The summed E-state index contributed by atoms with van der Waals surface area (Å²) in [7, 11) is -3.76. The zero-order chi connectivity index (χ0) is 24.2. The van der Waals surface area contributed by atoms with Crippen molar-refractivity contribution in [2.45, 2.75) is 45.9 Å². The largest absolute Gasteiger partial charge is 0.492 e. The number of aromatic nitrogens is 1. The number of rotatable bonds is 9. The Bertz CT molecular complexity index is 1270. The van der Waals surface area contributed by atoms with Gasteiger partial charge in [0.2, 0.25) is 15.9 Å². The number of pyridine rings is 1. The first kappa shape index (κ1) is 24.7. The van der Waals surface area contributed by atoms with Gasteiger partial charge in [0.05, 0.1) is 18.5 Å². The lowest BCUT2D eigenvalue weighted by atomic mass is 9.99. The molecule has 0 bridgehead atoms. The Hall–Kier alpha value is -2.97. The Labute approximate surface area is 195 Å². The van der Waals surface area contributed by atoms with Crippen LogP contribution in [0.5, 0.6) is 5.75 Å². The van der Waals surface area contributed by atoms with Crippen LogP contribution in [-0.2, 0) is 21.2 Å². The van der Waals surface area contributed by atoms with Gasteiger partial charge in [-0.1, -0.05) is 32.0 Å². The maximum absolute atomic E-state index is 13.2. The van der Waals surface area contributed by atoms with Gasteiger partial charge in [-0.3, -0.25) is 9.78 Å². The molecule has 0 aliphatic carbocycles. The van der Waals surface area contributed by atoms with Crippen molar-refractivity contribution in [1.82, 2.24) is 9.29 Å². The van der Waals surface area contributed by atoms with Crippen LogP contribution in [0.2, 0.25) is 0 Å². The van der Waals surface area contributed by atoms with E-state index < -0.39 is 10.0 Å². The normalized spacial score (nSPS) is 11.7. The molecule has 0 fully saturated rings. The number of benzene rings is 2. The highest BCUT2D eigenvalue weighted by molar-refractivity contribution is 7.89. The molecule has 0 radical (unpaired) electrons. The second-order valence-corrected chi connectivity index (χ2v) is 9.63. The van der Waals surface area contributed by atoms with Crippen LogP contribution in [-0.4, -0.2) is 43.3 Å². The Morgan fingerprint density at radius 1 is 1.06 bits per heavy atom. The summed E-state index contributed by atoms with van der Waals surface area (Å²) < 4.78 is 33.2. The lowest BCUT2D eigenvalue weighted by Gasteiger charge is -2.21. The van der Waals surface area contributed by atoms with E-state index in [0.717, 1.165) is 27.7 Å². The van der Waals surface area contributed by atoms with Gasteiger partial charge in [-0.15, -0.1) is 0 Å². The molecule has 8 heteroatoms. The SMILES string of the molecule is CCOc1ccc(NC(=O)Cc2c(C)nc3ccccc3c2C)cc1S(=O)(=O)N(CC)CC. The summed E-state index contributed by atoms with van der Waals surface area (Å²) >= 11 is 0.